The lowest BCUT2D eigenvalue weighted by Gasteiger charge is -2.25. The Kier molecular flexibility index (Phi) is 3.04. The van der Waals surface area contributed by atoms with Crippen LogP contribution in [0.4, 0.5) is 5.69 Å². The number of rotatable bonds is 4. The molecule has 90 valence electrons. The highest BCUT2D eigenvalue weighted by Gasteiger charge is 2.30. The summed E-state index contributed by atoms with van der Waals surface area (Å²) in [5.41, 5.74) is 3.19. The van der Waals surface area contributed by atoms with Crippen molar-refractivity contribution in [2.24, 2.45) is 0 Å². The Morgan fingerprint density at radius 3 is 2.78 bits per heavy atom. The number of para-hydroxylation sites is 1. The summed E-state index contributed by atoms with van der Waals surface area (Å²) in [5, 5.41) is 13.5. The van der Waals surface area contributed by atoms with E-state index < -0.39 is 0 Å². The smallest absolute Gasteiger partial charge is 0.101 e. The summed E-state index contributed by atoms with van der Waals surface area (Å²) in [5.74, 6) is 0. The number of thiophene rings is 1. The van der Waals surface area contributed by atoms with Gasteiger partial charge in [0.05, 0.1) is 11.3 Å². The zero-order chi connectivity index (χ0) is 12.4. The molecule has 18 heavy (non-hydrogen) atoms. The van der Waals surface area contributed by atoms with E-state index in [4.69, 9.17) is 0 Å². The molecule has 0 N–H and O–H groups in total. The second-order valence-electron chi connectivity index (χ2n) is 4.62. The fraction of sp³-hybridized carbons (Fsp3) is 0.267. The Morgan fingerprint density at radius 2 is 2.11 bits per heavy atom. The van der Waals surface area contributed by atoms with Crippen LogP contribution in [0.5, 0.6) is 0 Å². The van der Waals surface area contributed by atoms with Gasteiger partial charge in [0.2, 0.25) is 0 Å². The molecule has 1 aliphatic carbocycles. The van der Waals surface area contributed by atoms with E-state index in [2.05, 4.69) is 33.9 Å². The van der Waals surface area contributed by atoms with Crippen molar-refractivity contribution in [2.75, 3.05) is 4.90 Å². The molecule has 0 unspecified atom stereocenters. The van der Waals surface area contributed by atoms with Crippen LogP contribution in [0.25, 0.3) is 0 Å². The second-order valence-corrected chi connectivity index (χ2v) is 5.40. The van der Waals surface area contributed by atoms with E-state index in [1.54, 1.807) is 11.3 Å². The third kappa shape index (κ3) is 2.25. The molecule has 0 aliphatic heterocycles. The standard InChI is InChI=1S/C15H14N2S/c16-9-13-3-1-2-4-15(13)17(14-5-6-14)10-12-7-8-18-11-12/h1-4,7-8,11,14H,5-6,10H2. The van der Waals surface area contributed by atoms with Crippen molar-refractivity contribution in [2.45, 2.75) is 25.4 Å². The van der Waals surface area contributed by atoms with Gasteiger partial charge in [-0.15, -0.1) is 0 Å². The summed E-state index contributed by atoms with van der Waals surface area (Å²) in [4.78, 5) is 2.38. The van der Waals surface area contributed by atoms with E-state index in [9.17, 15) is 5.26 Å². The highest BCUT2D eigenvalue weighted by atomic mass is 32.1. The Morgan fingerprint density at radius 1 is 1.28 bits per heavy atom. The first kappa shape index (κ1) is 11.3. The van der Waals surface area contributed by atoms with Crippen LogP contribution < -0.4 is 4.90 Å². The Bertz CT molecular complexity index is 564. The maximum absolute atomic E-state index is 9.22. The molecule has 0 spiro atoms. The normalized spacial score (nSPS) is 14.2. The van der Waals surface area contributed by atoms with Crippen LogP contribution >= 0.6 is 11.3 Å². The molecule has 1 aromatic carbocycles. The highest BCUT2D eigenvalue weighted by molar-refractivity contribution is 7.07. The molecule has 0 amide bonds. The van der Waals surface area contributed by atoms with Crippen LogP contribution in [-0.4, -0.2) is 6.04 Å². The molecule has 1 heterocycles. The number of benzene rings is 1. The van der Waals surface area contributed by atoms with Crippen LogP contribution in [0.1, 0.15) is 24.0 Å². The number of anilines is 1. The molecular formula is C15H14N2S. The predicted molar refractivity (Wildman–Crippen MR) is 74.7 cm³/mol. The molecule has 3 heteroatoms. The van der Waals surface area contributed by atoms with E-state index in [1.807, 2.05) is 18.2 Å². The van der Waals surface area contributed by atoms with Gasteiger partial charge in [-0.2, -0.15) is 16.6 Å². The molecule has 3 rings (SSSR count). The molecule has 1 fully saturated rings. The first-order valence-corrected chi connectivity index (χ1v) is 7.09. The maximum Gasteiger partial charge on any atom is 0.101 e. The highest BCUT2D eigenvalue weighted by Crippen LogP contribution is 2.34. The van der Waals surface area contributed by atoms with E-state index in [1.165, 1.54) is 18.4 Å². The molecule has 0 bridgehead atoms. The quantitative estimate of drug-likeness (QED) is 0.830. The lowest BCUT2D eigenvalue weighted by atomic mass is 10.1. The molecule has 0 atom stereocenters. The summed E-state index contributed by atoms with van der Waals surface area (Å²) in [6.07, 6.45) is 2.48. The van der Waals surface area contributed by atoms with Gasteiger partial charge in [-0.25, -0.2) is 0 Å². The zero-order valence-electron chi connectivity index (χ0n) is 10.0. The van der Waals surface area contributed by atoms with E-state index >= 15 is 0 Å². The van der Waals surface area contributed by atoms with Crippen LogP contribution in [0.2, 0.25) is 0 Å². The zero-order valence-corrected chi connectivity index (χ0v) is 10.9. The minimum absolute atomic E-state index is 0.611. The van der Waals surface area contributed by atoms with Crippen molar-refractivity contribution >= 4 is 17.0 Å². The van der Waals surface area contributed by atoms with Crippen LogP contribution in [-0.2, 0) is 6.54 Å². The summed E-state index contributed by atoms with van der Waals surface area (Å²) >= 11 is 1.73. The number of nitriles is 1. The van der Waals surface area contributed by atoms with Crippen molar-refractivity contribution < 1.29 is 0 Å². The van der Waals surface area contributed by atoms with Gasteiger partial charge in [0.1, 0.15) is 6.07 Å². The van der Waals surface area contributed by atoms with Gasteiger partial charge in [0, 0.05) is 12.6 Å². The predicted octanol–water partition coefficient (Wildman–Crippen LogP) is 3.79. The van der Waals surface area contributed by atoms with Gasteiger partial charge >= 0.3 is 0 Å². The van der Waals surface area contributed by atoms with Crippen molar-refractivity contribution in [3.63, 3.8) is 0 Å². The summed E-state index contributed by atoms with van der Waals surface area (Å²) in [7, 11) is 0. The van der Waals surface area contributed by atoms with E-state index in [0.29, 0.717) is 6.04 Å². The average molecular weight is 254 g/mol. The van der Waals surface area contributed by atoms with Crippen molar-refractivity contribution in [3.8, 4) is 6.07 Å². The number of nitrogens with zero attached hydrogens (tertiary/aromatic N) is 2. The summed E-state index contributed by atoms with van der Waals surface area (Å²) in [6, 6.07) is 13.0. The molecule has 1 saturated carbocycles. The van der Waals surface area contributed by atoms with E-state index in [0.717, 1.165) is 17.8 Å². The lowest BCUT2D eigenvalue weighted by molar-refractivity contribution is 0.795. The Balaban J connectivity index is 1.92. The van der Waals surface area contributed by atoms with Gasteiger partial charge < -0.3 is 4.90 Å². The Hall–Kier alpha value is -1.79. The van der Waals surface area contributed by atoms with Crippen molar-refractivity contribution in [3.05, 3.63) is 52.2 Å². The van der Waals surface area contributed by atoms with Crippen LogP contribution in [0.3, 0.4) is 0 Å². The largest absolute Gasteiger partial charge is 0.363 e. The fourth-order valence-corrected chi connectivity index (χ4v) is 2.85. The molecule has 2 aromatic rings. The van der Waals surface area contributed by atoms with Crippen molar-refractivity contribution in [1.29, 1.82) is 5.26 Å². The first-order chi connectivity index (χ1) is 8.88. The summed E-state index contributed by atoms with van der Waals surface area (Å²) in [6.45, 7) is 0.910. The molecule has 1 aromatic heterocycles. The van der Waals surface area contributed by atoms with Gasteiger partial charge in [-0.05, 0) is 47.4 Å². The molecule has 0 saturated heterocycles. The Labute approximate surface area is 111 Å². The van der Waals surface area contributed by atoms with Gasteiger partial charge in [0.25, 0.3) is 0 Å². The minimum Gasteiger partial charge on any atom is -0.363 e. The van der Waals surface area contributed by atoms with Crippen LogP contribution in [0, 0.1) is 11.3 Å². The van der Waals surface area contributed by atoms with Gasteiger partial charge in [-0.3, -0.25) is 0 Å². The lowest BCUT2D eigenvalue weighted by Crippen LogP contribution is -2.25. The second kappa shape index (κ2) is 4.83. The van der Waals surface area contributed by atoms with E-state index in [-0.39, 0.29) is 0 Å². The maximum atomic E-state index is 9.22. The topological polar surface area (TPSA) is 27.0 Å². The minimum atomic E-state index is 0.611. The average Bonchev–Trinajstić information content (AvgIpc) is 3.13. The molecule has 2 nitrogen and oxygen atoms in total. The van der Waals surface area contributed by atoms with Crippen molar-refractivity contribution in [1.82, 2.24) is 0 Å². The van der Waals surface area contributed by atoms with Gasteiger partial charge in [-0.1, -0.05) is 12.1 Å². The third-order valence-corrected chi connectivity index (χ3v) is 3.99. The molecular weight excluding hydrogens is 240 g/mol. The van der Waals surface area contributed by atoms with Crippen LogP contribution in [0.15, 0.2) is 41.1 Å². The summed E-state index contributed by atoms with van der Waals surface area (Å²) < 4.78 is 0. The van der Waals surface area contributed by atoms with Gasteiger partial charge in [0.15, 0.2) is 0 Å². The monoisotopic (exact) mass is 254 g/mol. The third-order valence-electron chi connectivity index (χ3n) is 3.25. The molecule has 1 aliphatic rings. The number of hydrogen-bond acceptors (Lipinski definition) is 3. The molecule has 0 radical (unpaired) electrons. The fourth-order valence-electron chi connectivity index (χ4n) is 2.20. The number of hydrogen-bond donors (Lipinski definition) is 0. The first-order valence-electron chi connectivity index (χ1n) is 6.15. The SMILES string of the molecule is N#Cc1ccccc1N(Cc1ccsc1)C1CC1.